The highest BCUT2D eigenvalue weighted by Gasteiger charge is 2.44. The molecule has 1 unspecified atom stereocenters. The van der Waals surface area contributed by atoms with Crippen LogP contribution >= 0.6 is 15.9 Å². The number of amides is 1. The van der Waals surface area contributed by atoms with E-state index in [1.165, 1.54) is 11.2 Å². The molecule has 4 aromatic rings. The maximum atomic E-state index is 13.6. The quantitative estimate of drug-likeness (QED) is 0.331. The zero-order valence-corrected chi connectivity index (χ0v) is 20.1. The van der Waals surface area contributed by atoms with E-state index in [4.69, 9.17) is 8.83 Å². The Morgan fingerprint density at radius 2 is 1.88 bits per heavy atom. The summed E-state index contributed by atoms with van der Waals surface area (Å²) in [4.78, 5) is 30.2. The highest BCUT2D eigenvalue weighted by molar-refractivity contribution is 9.10. The first-order valence-corrected chi connectivity index (χ1v) is 11.4. The number of aliphatic hydroxyl groups is 1. The fourth-order valence-corrected chi connectivity index (χ4v) is 4.56. The number of halogens is 1. The smallest absolute Gasteiger partial charge is 0.290 e. The predicted octanol–water partition coefficient (Wildman–Crippen LogP) is 5.63. The molecule has 2 aromatic heterocycles. The van der Waals surface area contributed by atoms with Crippen LogP contribution in [0.3, 0.4) is 0 Å². The largest absolute Gasteiger partial charge is 0.503 e. The summed E-state index contributed by atoms with van der Waals surface area (Å²) in [6.07, 6.45) is 1.52. The molecule has 34 heavy (non-hydrogen) atoms. The summed E-state index contributed by atoms with van der Waals surface area (Å²) in [5.74, 6) is -1.17. The molecule has 3 heterocycles. The van der Waals surface area contributed by atoms with Gasteiger partial charge in [0.15, 0.2) is 11.5 Å². The van der Waals surface area contributed by atoms with Gasteiger partial charge in [-0.2, -0.15) is 0 Å². The van der Waals surface area contributed by atoms with Crippen LogP contribution in [0.4, 0.5) is 5.69 Å². The topological polar surface area (TPSA) is 87.1 Å². The SMILES string of the molecule is CN(C)c1ccc(C2C(C(=O)c3cc4cc(Br)ccc4o3)=C(O)C(=O)N2Cc2ccco2)cc1. The Balaban J connectivity index is 1.59. The van der Waals surface area contributed by atoms with Gasteiger partial charge in [0.2, 0.25) is 5.78 Å². The fraction of sp³-hybridized carbons (Fsp3) is 0.154. The molecule has 1 aliphatic heterocycles. The Morgan fingerprint density at radius 1 is 1.12 bits per heavy atom. The van der Waals surface area contributed by atoms with E-state index in [9.17, 15) is 14.7 Å². The minimum Gasteiger partial charge on any atom is -0.503 e. The van der Waals surface area contributed by atoms with Crippen molar-refractivity contribution in [2.75, 3.05) is 19.0 Å². The van der Waals surface area contributed by atoms with Gasteiger partial charge in [-0.3, -0.25) is 9.59 Å². The van der Waals surface area contributed by atoms with E-state index in [1.54, 1.807) is 24.3 Å². The first kappa shape index (κ1) is 22.0. The number of aliphatic hydroxyl groups excluding tert-OH is 1. The van der Waals surface area contributed by atoms with Gasteiger partial charge in [0.25, 0.3) is 5.91 Å². The van der Waals surface area contributed by atoms with Crippen LogP contribution in [0.1, 0.15) is 27.9 Å². The van der Waals surface area contributed by atoms with Crippen molar-refractivity contribution in [3.05, 3.63) is 99.8 Å². The van der Waals surface area contributed by atoms with Gasteiger partial charge in [0, 0.05) is 29.6 Å². The lowest BCUT2D eigenvalue weighted by Gasteiger charge is -2.26. The molecular formula is C26H21BrN2O5. The van der Waals surface area contributed by atoms with Crippen LogP contribution in [-0.2, 0) is 11.3 Å². The second kappa shape index (κ2) is 8.53. The van der Waals surface area contributed by atoms with Crippen LogP contribution < -0.4 is 4.90 Å². The number of hydrogen-bond donors (Lipinski definition) is 1. The van der Waals surface area contributed by atoms with Crippen molar-refractivity contribution in [3.8, 4) is 0 Å². The number of Topliss-reactive ketones (excluding diaryl/α,β-unsaturated/α-hetero) is 1. The molecular weight excluding hydrogens is 500 g/mol. The van der Waals surface area contributed by atoms with Gasteiger partial charge < -0.3 is 23.7 Å². The molecule has 172 valence electrons. The normalized spacial score (nSPS) is 16.0. The number of carbonyl (C=O) groups excluding carboxylic acids is 2. The highest BCUT2D eigenvalue weighted by Crippen LogP contribution is 2.41. The third kappa shape index (κ3) is 3.80. The van der Waals surface area contributed by atoms with Crippen LogP contribution in [-0.4, -0.2) is 35.8 Å². The average Bonchev–Trinajstić information content (AvgIpc) is 3.54. The van der Waals surface area contributed by atoms with E-state index in [0.29, 0.717) is 16.9 Å². The van der Waals surface area contributed by atoms with Crippen LogP contribution in [0.15, 0.2) is 91.6 Å². The molecule has 5 rings (SSSR count). The Hall–Kier alpha value is -3.78. The lowest BCUT2D eigenvalue weighted by Crippen LogP contribution is -2.30. The molecule has 7 nitrogen and oxygen atoms in total. The van der Waals surface area contributed by atoms with Crippen LogP contribution in [0.5, 0.6) is 0 Å². The van der Waals surface area contributed by atoms with Crippen molar-refractivity contribution < 1.29 is 23.5 Å². The minimum absolute atomic E-state index is 0.0210. The van der Waals surface area contributed by atoms with E-state index in [-0.39, 0.29) is 17.9 Å². The molecule has 2 aromatic carbocycles. The van der Waals surface area contributed by atoms with Crippen LogP contribution in [0.25, 0.3) is 11.0 Å². The van der Waals surface area contributed by atoms with Gasteiger partial charge in [-0.15, -0.1) is 0 Å². The molecule has 1 atom stereocenters. The first-order chi connectivity index (χ1) is 16.3. The third-order valence-corrected chi connectivity index (χ3v) is 6.38. The van der Waals surface area contributed by atoms with E-state index in [0.717, 1.165) is 15.5 Å². The van der Waals surface area contributed by atoms with Crippen LogP contribution in [0.2, 0.25) is 0 Å². The number of carbonyl (C=O) groups is 2. The summed E-state index contributed by atoms with van der Waals surface area (Å²) in [5, 5.41) is 11.6. The molecule has 0 radical (unpaired) electrons. The first-order valence-electron chi connectivity index (χ1n) is 10.6. The number of ketones is 1. The number of furan rings is 2. The minimum atomic E-state index is -0.804. The molecule has 0 bridgehead atoms. The van der Waals surface area contributed by atoms with E-state index in [2.05, 4.69) is 15.9 Å². The van der Waals surface area contributed by atoms with Crippen molar-refractivity contribution in [1.82, 2.24) is 4.90 Å². The maximum Gasteiger partial charge on any atom is 0.290 e. The van der Waals surface area contributed by atoms with Gasteiger partial charge in [0.05, 0.1) is 24.4 Å². The summed E-state index contributed by atoms with van der Waals surface area (Å²) < 4.78 is 12.1. The Morgan fingerprint density at radius 3 is 2.56 bits per heavy atom. The van der Waals surface area contributed by atoms with Crippen molar-refractivity contribution in [1.29, 1.82) is 0 Å². The van der Waals surface area contributed by atoms with E-state index >= 15 is 0 Å². The van der Waals surface area contributed by atoms with E-state index < -0.39 is 23.5 Å². The monoisotopic (exact) mass is 520 g/mol. The maximum absolute atomic E-state index is 13.6. The van der Waals surface area contributed by atoms with Crippen molar-refractivity contribution >= 4 is 44.3 Å². The van der Waals surface area contributed by atoms with Gasteiger partial charge in [-0.1, -0.05) is 28.1 Å². The van der Waals surface area contributed by atoms with Gasteiger partial charge >= 0.3 is 0 Å². The number of benzene rings is 2. The molecule has 1 aliphatic rings. The predicted molar refractivity (Wildman–Crippen MR) is 131 cm³/mol. The fourth-order valence-electron chi connectivity index (χ4n) is 4.18. The second-order valence-corrected chi connectivity index (χ2v) is 9.20. The number of fused-ring (bicyclic) bond motifs is 1. The summed E-state index contributed by atoms with van der Waals surface area (Å²) >= 11 is 3.41. The van der Waals surface area contributed by atoms with Crippen molar-refractivity contribution in [2.45, 2.75) is 12.6 Å². The lowest BCUT2D eigenvalue weighted by molar-refractivity contribution is -0.130. The number of hydrogen-bond acceptors (Lipinski definition) is 6. The molecule has 1 N–H and O–H groups in total. The second-order valence-electron chi connectivity index (χ2n) is 8.29. The lowest BCUT2D eigenvalue weighted by atomic mass is 9.94. The molecule has 0 spiro atoms. The molecule has 0 fully saturated rings. The van der Waals surface area contributed by atoms with Crippen molar-refractivity contribution in [3.63, 3.8) is 0 Å². The summed E-state index contributed by atoms with van der Waals surface area (Å²) in [6.45, 7) is 0.0971. The van der Waals surface area contributed by atoms with Gasteiger partial charge in [-0.25, -0.2) is 0 Å². The highest BCUT2D eigenvalue weighted by atomic mass is 79.9. The third-order valence-electron chi connectivity index (χ3n) is 5.88. The Kier molecular flexibility index (Phi) is 5.53. The van der Waals surface area contributed by atoms with Crippen molar-refractivity contribution in [2.24, 2.45) is 0 Å². The standard InChI is InChI=1S/C26H21BrN2O5/c1-28(2)18-8-5-15(6-9-18)23-22(25(31)26(32)29(23)14-19-4-3-11-33-19)24(30)21-13-16-12-17(27)7-10-20(16)34-21/h3-13,23,31H,14H2,1-2H3. The summed E-state index contributed by atoms with van der Waals surface area (Å²) in [6, 6.07) is 17.2. The molecule has 8 heteroatoms. The van der Waals surface area contributed by atoms with E-state index in [1.807, 2.05) is 55.4 Å². The molecule has 0 aliphatic carbocycles. The van der Waals surface area contributed by atoms with Gasteiger partial charge in [-0.05, 0) is 54.1 Å². The molecule has 0 saturated carbocycles. The Labute approximate surface area is 204 Å². The number of rotatable bonds is 6. The van der Waals surface area contributed by atoms with Crippen LogP contribution in [0, 0.1) is 0 Å². The Bertz CT molecular complexity index is 1420. The zero-order valence-electron chi connectivity index (χ0n) is 18.5. The summed E-state index contributed by atoms with van der Waals surface area (Å²) in [5.41, 5.74) is 2.17. The molecule has 1 amide bonds. The molecule has 0 saturated heterocycles. The summed E-state index contributed by atoms with van der Waals surface area (Å²) in [7, 11) is 3.86. The average molecular weight is 521 g/mol. The number of nitrogens with zero attached hydrogens (tertiary/aromatic N) is 2. The number of anilines is 1. The zero-order chi connectivity index (χ0) is 24.0. The van der Waals surface area contributed by atoms with Gasteiger partial charge in [0.1, 0.15) is 11.3 Å².